The van der Waals surface area contributed by atoms with E-state index in [1.807, 2.05) is 6.92 Å². The van der Waals surface area contributed by atoms with E-state index in [0.717, 1.165) is 18.7 Å². The third-order valence-corrected chi connectivity index (χ3v) is 7.48. The predicted molar refractivity (Wildman–Crippen MR) is 108 cm³/mol. The fourth-order valence-corrected chi connectivity index (χ4v) is 5.76. The molecule has 1 aromatic carbocycles. The molecule has 2 aliphatic heterocycles. The highest BCUT2D eigenvalue weighted by atomic mass is 32.2. The molecule has 0 unspecified atom stereocenters. The van der Waals surface area contributed by atoms with Crippen LogP contribution in [0, 0.1) is 18.8 Å². The van der Waals surface area contributed by atoms with Gasteiger partial charge in [0.25, 0.3) is 5.91 Å². The smallest absolute Gasteiger partial charge is 0.279 e. The molecular formula is C20H32N3O4S+. The molecule has 2 N–H and O–H groups in total. The summed E-state index contributed by atoms with van der Waals surface area (Å²) in [6.45, 7) is 10.3. The molecule has 2 heterocycles. The second-order valence-electron chi connectivity index (χ2n) is 8.32. The van der Waals surface area contributed by atoms with Crippen LogP contribution < -0.4 is 10.2 Å². The van der Waals surface area contributed by atoms with Gasteiger partial charge in [-0.05, 0) is 31.0 Å². The zero-order valence-corrected chi connectivity index (χ0v) is 17.8. The average Bonchev–Trinajstić information content (AvgIpc) is 2.63. The van der Waals surface area contributed by atoms with Crippen molar-refractivity contribution in [2.24, 2.45) is 11.8 Å². The largest absolute Gasteiger partial charge is 0.379 e. The first-order chi connectivity index (χ1) is 13.3. The number of nitrogens with one attached hydrogen (secondary N) is 2. The third kappa shape index (κ3) is 5.11. The summed E-state index contributed by atoms with van der Waals surface area (Å²) in [6.07, 6.45) is 1.21. The quantitative estimate of drug-likeness (QED) is 0.742. The van der Waals surface area contributed by atoms with Crippen LogP contribution in [0.1, 0.15) is 25.8 Å². The molecule has 1 amide bonds. The number of hydrogen-bond donors (Lipinski definition) is 2. The number of ether oxygens (including phenoxy) is 1. The van der Waals surface area contributed by atoms with Crippen LogP contribution >= 0.6 is 0 Å². The number of benzene rings is 1. The second kappa shape index (κ2) is 8.90. The molecular weight excluding hydrogens is 378 g/mol. The van der Waals surface area contributed by atoms with Gasteiger partial charge < -0.3 is 15.0 Å². The second-order valence-corrected chi connectivity index (χ2v) is 10.3. The molecule has 0 radical (unpaired) electrons. The van der Waals surface area contributed by atoms with E-state index in [-0.39, 0.29) is 10.8 Å². The van der Waals surface area contributed by atoms with E-state index in [2.05, 4.69) is 19.2 Å². The van der Waals surface area contributed by atoms with E-state index in [4.69, 9.17) is 4.74 Å². The number of nitrogens with zero attached hydrogens (tertiary/aromatic N) is 1. The Labute approximate surface area is 168 Å². The lowest BCUT2D eigenvalue weighted by Crippen LogP contribution is -3.15. The Morgan fingerprint density at radius 2 is 1.86 bits per heavy atom. The topological polar surface area (TPSA) is 80.2 Å². The molecule has 3 rings (SSSR count). The van der Waals surface area contributed by atoms with Crippen LogP contribution in [-0.2, 0) is 19.6 Å². The Bertz CT molecular complexity index is 796. The van der Waals surface area contributed by atoms with E-state index in [0.29, 0.717) is 50.4 Å². The Morgan fingerprint density at radius 3 is 2.50 bits per heavy atom. The van der Waals surface area contributed by atoms with E-state index >= 15 is 0 Å². The zero-order chi connectivity index (χ0) is 20.3. The van der Waals surface area contributed by atoms with Gasteiger partial charge in [0.15, 0.2) is 6.54 Å². The maximum Gasteiger partial charge on any atom is 0.279 e. The summed E-state index contributed by atoms with van der Waals surface area (Å²) in [6, 6.07) is 4.94. The van der Waals surface area contributed by atoms with Crippen LogP contribution in [0.4, 0.5) is 5.69 Å². The molecule has 156 valence electrons. The summed E-state index contributed by atoms with van der Waals surface area (Å²) in [4.78, 5) is 14.1. The van der Waals surface area contributed by atoms with Crippen LogP contribution in [0.25, 0.3) is 0 Å². The average molecular weight is 411 g/mol. The van der Waals surface area contributed by atoms with Gasteiger partial charge in [-0.15, -0.1) is 0 Å². The lowest BCUT2D eigenvalue weighted by Gasteiger charge is -2.31. The number of carbonyl (C=O) groups is 1. The number of morpholine rings is 1. The molecule has 0 aromatic heterocycles. The highest BCUT2D eigenvalue weighted by molar-refractivity contribution is 7.89. The van der Waals surface area contributed by atoms with Gasteiger partial charge in [-0.1, -0.05) is 19.9 Å². The predicted octanol–water partition coefficient (Wildman–Crippen LogP) is 0.515. The monoisotopic (exact) mass is 410 g/mol. The molecule has 0 aliphatic carbocycles. The number of carbonyl (C=O) groups excluding carboxylic acids is 1. The van der Waals surface area contributed by atoms with Crippen LogP contribution in [0.5, 0.6) is 0 Å². The first-order valence-corrected chi connectivity index (χ1v) is 11.5. The van der Waals surface area contributed by atoms with Crippen LogP contribution in [-0.4, -0.2) is 64.6 Å². The van der Waals surface area contributed by atoms with Crippen molar-refractivity contribution in [2.75, 3.05) is 51.3 Å². The SMILES string of the molecule is Cc1ccc(S(=O)(=O)N2CCOCC2)cc1NC(=O)C[NH+]1C[C@@H](C)C[C@H](C)C1. The number of hydrogen-bond acceptors (Lipinski definition) is 4. The van der Waals surface area contributed by atoms with Crippen LogP contribution in [0.2, 0.25) is 0 Å². The van der Waals surface area contributed by atoms with E-state index in [1.165, 1.54) is 15.6 Å². The molecule has 0 bridgehead atoms. The maximum atomic E-state index is 12.9. The van der Waals surface area contributed by atoms with E-state index in [1.54, 1.807) is 18.2 Å². The number of aryl methyl sites for hydroxylation is 1. The van der Waals surface area contributed by atoms with Crippen molar-refractivity contribution in [3.05, 3.63) is 23.8 Å². The fourth-order valence-electron chi connectivity index (χ4n) is 4.32. The number of piperidine rings is 1. The molecule has 2 fully saturated rings. The molecule has 0 spiro atoms. The number of rotatable bonds is 5. The summed E-state index contributed by atoms with van der Waals surface area (Å²) in [5, 5.41) is 2.94. The number of anilines is 1. The van der Waals surface area contributed by atoms with Gasteiger partial charge in [-0.3, -0.25) is 4.79 Å². The molecule has 7 nitrogen and oxygen atoms in total. The van der Waals surface area contributed by atoms with Crippen LogP contribution in [0.15, 0.2) is 23.1 Å². The van der Waals surface area contributed by atoms with Gasteiger partial charge in [0, 0.05) is 30.6 Å². The molecule has 0 saturated carbocycles. The van der Waals surface area contributed by atoms with Crippen LogP contribution in [0.3, 0.4) is 0 Å². The first-order valence-electron chi connectivity index (χ1n) is 10.1. The summed E-state index contributed by atoms with van der Waals surface area (Å²) in [5.74, 6) is 1.17. The minimum atomic E-state index is -3.58. The number of likely N-dealkylation sites (tertiary alicyclic amines) is 1. The highest BCUT2D eigenvalue weighted by Gasteiger charge is 2.28. The van der Waals surface area contributed by atoms with Gasteiger partial charge >= 0.3 is 0 Å². The third-order valence-electron chi connectivity index (χ3n) is 5.58. The summed E-state index contributed by atoms with van der Waals surface area (Å²) < 4.78 is 32.4. The minimum absolute atomic E-state index is 0.0691. The fraction of sp³-hybridized carbons (Fsp3) is 0.650. The number of quaternary nitrogens is 1. The van der Waals surface area contributed by atoms with Gasteiger partial charge in [0.05, 0.1) is 31.2 Å². The van der Waals surface area contributed by atoms with Gasteiger partial charge in [0.1, 0.15) is 0 Å². The maximum absolute atomic E-state index is 12.9. The Kier molecular flexibility index (Phi) is 6.75. The number of sulfonamides is 1. The summed E-state index contributed by atoms with van der Waals surface area (Å²) in [7, 11) is -3.58. The minimum Gasteiger partial charge on any atom is -0.379 e. The van der Waals surface area contributed by atoms with Crippen molar-refractivity contribution in [1.82, 2.24) is 4.31 Å². The van der Waals surface area contributed by atoms with E-state index < -0.39 is 10.0 Å². The number of amides is 1. The zero-order valence-electron chi connectivity index (χ0n) is 17.0. The van der Waals surface area contributed by atoms with E-state index in [9.17, 15) is 13.2 Å². The van der Waals surface area contributed by atoms with Crippen molar-refractivity contribution in [3.8, 4) is 0 Å². The van der Waals surface area contributed by atoms with Gasteiger partial charge in [-0.25, -0.2) is 8.42 Å². The Morgan fingerprint density at radius 1 is 1.21 bits per heavy atom. The first kappa shape index (κ1) is 21.2. The molecule has 8 heteroatoms. The molecule has 2 atom stereocenters. The molecule has 28 heavy (non-hydrogen) atoms. The van der Waals surface area contributed by atoms with Gasteiger partial charge in [-0.2, -0.15) is 4.31 Å². The Hall–Kier alpha value is -1.48. The van der Waals surface area contributed by atoms with Crippen molar-refractivity contribution in [1.29, 1.82) is 0 Å². The lowest BCUT2D eigenvalue weighted by molar-refractivity contribution is -0.904. The van der Waals surface area contributed by atoms with Crippen molar-refractivity contribution < 1.29 is 22.8 Å². The summed E-state index contributed by atoms with van der Waals surface area (Å²) >= 11 is 0. The Balaban J connectivity index is 1.70. The van der Waals surface area contributed by atoms with Crippen molar-refractivity contribution in [2.45, 2.75) is 32.1 Å². The normalized spacial score (nSPS) is 26.8. The molecule has 2 saturated heterocycles. The summed E-state index contributed by atoms with van der Waals surface area (Å²) in [5.41, 5.74) is 1.42. The van der Waals surface area contributed by atoms with Crippen molar-refractivity contribution >= 4 is 21.6 Å². The van der Waals surface area contributed by atoms with Crippen molar-refractivity contribution in [3.63, 3.8) is 0 Å². The molecule has 2 aliphatic rings. The standard InChI is InChI=1S/C20H31N3O4S/c1-15-10-16(2)13-22(12-15)14-20(24)21-19-11-18(5-4-17(19)3)28(25,26)23-6-8-27-9-7-23/h4-5,11,15-16H,6-10,12-14H2,1-3H3,(H,21,24)/p+1/t15-,16-/m0/s1. The van der Waals surface area contributed by atoms with Gasteiger partial charge in [0.2, 0.25) is 10.0 Å². The highest BCUT2D eigenvalue weighted by Crippen LogP contribution is 2.23. The lowest BCUT2D eigenvalue weighted by atomic mass is 9.92. The molecule has 1 aromatic rings.